The molecular formula is C13H21N5O2S. The van der Waals surface area contributed by atoms with Gasteiger partial charge in [0, 0.05) is 18.3 Å². The van der Waals surface area contributed by atoms with Gasteiger partial charge in [0.15, 0.2) is 0 Å². The maximum Gasteiger partial charge on any atom is 0.410 e. The van der Waals surface area contributed by atoms with Gasteiger partial charge < -0.3 is 9.64 Å². The molecule has 7 nitrogen and oxygen atoms in total. The third-order valence-corrected chi connectivity index (χ3v) is 4.62. The first-order valence-corrected chi connectivity index (χ1v) is 8.23. The van der Waals surface area contributed by atoms with Gasteiger partial charge in [0.2, 0.25) is 5.16 Å². The topological polar surface area (TPSA) is 73.1 Å². The third-order valence-electron chi connectivity index (χ3n) is 3.42. The molecule has 3 rings (SSSR count). The number of hydrogen-bond acceptors (Lipinski definition) is 6. The van der Waals surface area contributed by atoms with E-state index in [2.05, 4.69) is 15.5 Å². The van der Waals surface area contributed by atoms with Crippen molar-refractivity contribution in [2.24, 2.45) is 0 Å². The predicted octanol–water partition coefficient (Wildman–Crippen LogP) is 2.11. The van der Waals surface area contributed by atoms with Crippen LogP contribution in [0, 0.1) is 0 Å². The first-order valence-electron chi connectivity index (χ1n) is 7.35. The number of hydrogen-bond donors (Lipinski definition) is 0. The zero-order valence-electron chi connectivity index (χ0n) is 12.7. The molecule has 1 aromatic rings. The molecule has 0 spiro atoms. The van der Waals surface area contributed by atoms with E-state index in [0.29, 0.717) is 17.8 Å². The molecule has 1 amide bonds. The normalized spacial score (nSPS) is 22.6. The molecule has 2 aliphatic rings. The lowest BCUT2D eigenvalue weighted by Crippen LogP contribution is -2.35. The highest BCUT2D eigenvalue weighted by atomic mass is 32.2. The van der Waals surface area contributed by atoms with Gasteiger partial charge in [0.05, 0.1) is 6.04 Å². The van der Waals surface area contributed by atoms with Gasteiger partial charge in [0.1, 0.15) is 5.60 Å². The molecule has 1 aromatic heterocycles. The van der Waals surface area contributed by atoms with E-state index in [1.807, 2.05) is 25.5 Å². The maximum absolute atomic E-state index is 12.0. The number of ether oxygens (including phenoxy) is 1. The van der Waals surface area contributed by atoms with E-state index in [9.17, 15) is 4.79 Å². The van der Waals surface area contributed by atoms with Crippen LogP contribution in [0.1, 0.15) is 46.1 Å². The molecule has 0 radical (unpaired) electrons. The van der Waals surface area contributed by atoms with Gasteiger partial charge in [-0.15, -0.1) is 5.10 Å². The number of carbonyl (C=O) groups is 1. The Hall–Kier alpha value is -1.31. The van der Waals surface area contributed by atoms with Crippen LogP contribution in [0.2, 0.25) is 0 Å². The van der Waals surface area contributed by atoms with E-state index in [1.165, 1.54) is 0 Å². The number of rotatable bonds is 3. The molecule has 2 fully saturated rings. The van der Waals surface area contributed by atoms with Gasteiger partial charge in [-0.05, 0) is 50.5 Å². The van der Waals surface area contributed by atoms with Crippen molar-refractivity contribution in [2.75, 3.05) is 13.1 Å². The summed E-state index contributed by atoms with van der Waals surface area (Å²) in [4.78, 5) is 13.8. The Morgan fingerprint density at radius 2 is 2.10 bits per heavy atom. The van der Waals surface area contributed by atoms with E-state index in [-0.39, 0.29) is 6.09 Å². The first kappa shape index (κ1) is 14.6. The minimum atomic E-state index is -0.446. The van der Waals surface area contributed by atoms with Crippen LogP contribution < -0.4 is 0 Å². The summed E-state index contributed by atoms with van der Waals surface area (Å²) in [6.07, 6.45) is 3.04. The Morgan fingerprint density at radius 1 is 1.33 bits per heavy atom. The van der Waals surface area contributed by atoms with Crippen LogP contribution in [0.5, 0.6) is 0 Å². The molecule has 1 saturated carbocycles. The van der Waals surface area contributed by atoms with Gasteiger partial charge in [-0.25, -0.2) is 9.48 Å². The van der Waals surface area contributed by atoms with Crippen molar-refractivity contribution in [3.8, 4) is 0 Å². The van der Waals surface area contributed by atoms with E-state index >= 15 is 0 Å². The smallest absolute Gasteiger partial charge is 0.410 e. The summed E-state index contributed by atoms with van der Waals surface area (Å²) in [6.45, 7) is 7.08. The quantitative estimate of drug-likeness (QED) is 0.851. The summed E-state index contributed by atoms with van der Waals surface area (Å²) in [6, 6.07) is 0.478. The average molecular weight is 311 g/mol. The molecule has 0 bridgehead atoms. The zero-order valence-corrected chi connectivity index (χ0v) is 13.5. The van der Waals surface area contributed by atoms with Crippen molar-refractivity contribution < 1.29 is 9.53 Å². The number of aromatic nitrogens is 4. The SMILES string of the molecule is CC(C)(C)OC(=O)N1CCC(Sc2nnnn2C2CC2)C1. The summed E-state index contributed by atoms with van der Waals surface area (Å²) < 4.78 is 7.33. The van der Waals surface area contributed by atoms with Gasteiger partial charge >= 0.3 is 6.09 Å². The van der Waals surface area contributed by atoms with Crippen molar-refractivity contribution in [1.29, 1.82) is 0 Å². The van der Waals surface area contributed by atoms with Gasteiger partial charge in [0.25, 0.3) is 0 Å². The van der Waals surface area contributed by atoms with E-state index in [1.54, 1.807) is 16.7 Å². The number of amides is 1. The highest BCUT2D eigenvalue weighted by molar-refractivity contribution is 7.99. The second-order valence-corrected chi connectivity index (χ2v) is 7.86. The van der Waals surface area contributed by atoms with Crippen molar-refractivity contribution in [3.05, 3.63) is 0 Å². The lowest BCUT2D eigenvalue weighted by molar-refractivity contribution is 0.0295. The second-order valence-electron chi connectivity index (χ2n) is 6.59. The molecule has 1 unspecified atom stereocenters. The number of likely N-dealkylation sites (tertiary alicyclic amines) is 1. The van der Waals surface area contributed by atoms with Crippen LogP contribution in [-0.4, -0.2) is 55.1 Å². The fourth-order valence-electron chi connectivity index (χ4n) is 2.28. The van der Waals surface area contributed by atoms with Crippen LogP contribution in [0.15, 0.2) is 5.16 Å². The van der Waals surface area contributed by atoms with Crippen LogP contribution in [0.3, 0.4) is 0 Å². The Morgan fingerprint density at radius 3 is 2.76 bits per heavy atom. The van der Waals surface area contributed by atoms with E-state index in [0.717, 1.165) is 31.0 Å². The molecule has 2 heterocycles. The van der Waals surface area contributed by atoms with E-state index in [4.69, 9.17) is 4.74 Å². The summed E-state index contributed by atoms with van der Waals surface area (Å²) >= 11 is 1.67. The largest absolute Gasteiger partial charge is 0.444 e. The van der Waals surface area contributed by atoms with Crippen LogP contribution >= 0.6 is 11.8 Å². The van der Waals surface area contributed by atoms with Crippen molar-refractivity contribution in [2.45, 2.75) is 62.1 Å². The Balaban J connectivity index is 1.55. The molecule has 1 aliphatic carbocycles. The van der Waals surface area contributed by atoms with Crippen molar-refractivity contribution in [3.63, 3.8) is 0 Å². The summed E-state index contributed by atoms with van der Waals surface area (Å²) in [5, 5.41) is 13.1. The molecule has 8 heteroatoms. The first-order chi connectivity index (χ1) is 9.92. The second kappa shape index (κ2) is 5.47. The molecular weight excluding hydrogens is 290 g/mol. The Bertz CT molecular complexity index is 523. The Labute approximate surface area is 128 Å². The summed E-state index contributed by atoms with van der Waals surface area (Å²) in [5.41, 5.74) is -0.446. The number of nitrogens with zero attached hydrogens (tertiary/aromatic N) is 5. The monoisotopic (exact) mass is 311 g/mol. The maximum atomic E-state index is 12.0. The lowest BCUT2D eigenvalue weighted by atomic mass is 10.2. The van der Waals surface area contributed by atoms with Crippen LogP contribution in [0.25, 0.3) is 0 Å². The average Bonchev–Trinajstić information content (AvgIpc) is 2.94. The van der Waals surface area contributed by atoms with Crippen LogP contribution in [-0.2, 0) is 4.74 Å². The summed E-state index contributed by atoms with van der Waals surface area (Å²) in [5.74, 6) is 0. The lowest BCUT2D eigenvalue weighted by Gasteiger charge is -2.24. The highest BCUT2D eigenvalue weighted by Crippen LogP contribution is 2.38. The van der Waals surface area contributed by atoms with E-state index < -0.39 is 5.60 Å². The van der Waals surface area contributed by atoms with Gasteiger partial charge in [-0.3, -0.25) is 0 Å². The fourth-order valence-corrected chi connectivity index (χ4v) is 3.43. The minimum Gasteiger partial charge on any atom is -0.444 e. The number of tetrazole rings is 1. The highest BCUT2D eigenvalue weighted by Gasteiger charge is 2.33. The van der Waals surface area contributed by atoms with Crippen LogP contribution in [0.4, 0.5) is 4.79 Å². The zero-order chi connectivity index (χ0) is 15.0. The van der Waals surface area contributed by atoms with Crippen molar-refractivity contribution in [1.82, 2.24) is 25.1 Å². The van der Waals surface area contributed by atoms with Gasteiger partial charge in [-0.1, -0.05) is 11.8 Å². The number of carbonyl (C=O) groups excluding carboxylic acids is 1. The molecule has 21 heavy (non-hydrogen) atoms. The molecule has 0 aromatic carbocycles. The minimum absolute atomic E-state index is 0.229. The molecule has 116 valence electrons. The van der Waals surface area contributed by atoms with Crippen molar-refractivity contribution >= 4 is 17.9 Å². The molecule has 1 atom stereocenters. The molecule has 0 N–H and O–H groups in total. The predicted molar refractivity (Wildman–Crippen MR) is 78.2 cm³/mol. The fraction of sp³-hybridized carbons (Fsp3) is 0.846. The summed E-state index contributed by atoms with van der Waals surface area (Å²) in [7, 11) is 0. The standard InChI is InChI=1S/C13H21N5O2S/c1-13(2,3)20-12(19)17-7-6-10(8-17)21-11-14-15-16-18(11)9-4-5-9/h9-10H,4-8H2,1-3H3. The Kier molecular flexibility index (Phi) is 3.81. The third kappa shape index (κ3) is 3.66. The number of thioether (sulfide) groups is 1. The van der Waals surface area contributed by atoms with Gasteiger partial charge in [-0.2, -0.15) is 0 Å². The molecule has 1 saturated heterocycles. The molecule has 1 aliphatic heterocycles.